The largest absolute Gasteiger partial charge is 0.508 e. The molecular weight excluding hydrogens is 534 g/mol. The first-order valence-corrected chi connectivity index (χ1v) is 13.6. The van der Waals surface area contributed by atoms with Gasteiger partial charge in [0.25, 0.3) is 0 Å². The Morgan fingerprint density at radius 2 is 1.60 bits per heavy atom. The molecule has 2 unspecified atom stereocenters. The second kappa shape index (κ2) is 14.7. The predicted molar refractivity (Wildman–Crippen MR) is 159 cm³/mol. The van der Waals surface area contributed by atoms with Crippen molar-refractivity contribution in [3.8, 4) is 18.1 Å². The third kappa shape index (κ3) is 9.11. The summed E-state index contributed by atoms with van der Waals surface area (Å²) >= 11 is 0. The number of carbonyl (C=O) groups excluding carboxylic acids is 3. The summed E-state index contributed by atoms with van der Waals surface area (Å²) in [5.74, 6) is 1.48. The second-order valence-electron chi connectivity index (χ2n) is 10.7. The van der Waals surface area contributed by atoms with Crippen LogP contribution in [-0.4, -0.2) is 57.8 Å². The molecule has 0 spiro atoms. The lowest BCUT2D eigenvalue weighted by molar-refractivity contribution is -0.143. The van der Waals surface area contributed by atoms with E-state index in [0.29, 0.717) is 16.7 Å². The van der Waals surface area contributed by atoms with Gasteiger partial charge in [-0.1, -0.05) is 66.6 Å². The summed E-state index contributed by atoms with van der Waals surface area (Å²) in [6.07, 6.45) is 4.98. The van der Waals surface area contributed by atoms with E-state index < -0.39 is 42.2 Å². The average Bonchev–Trinajstić information content (AvgIpc) is 2.96. The summed E-state index contributed by atoms with van der Waals surface area (Å²) in [5.41, 5.74) is 1.47. The number of phenolic OH excluding ortho intramolecular Hbond substituents is 1. The highest BCUT2D eigenvalue weighted by atomic mass is 16.6. The van der Waals surface area contributed by atoms with Gasteiger partial charge in [0.2, 0.25) is 11.8 Å². The van der Waals surface area contributed by atoms with Crippen molar-refractivity contribution in [1.82, 2.24) is 15.5 Å². The van der Waals surface area contributed by atoms with Crippen molar-refractivity contribution in [1.29, 1.82) is 0 Å². The summed E-state index contributed by atoms with van der Waals surface area (Å²) in [7, 11) is 0. The van der Waals surface area contributed by atoms with E-state index in [1.807, 2.05) is 30.3 Å². The van der Waals surface area contributed by atoms with Gasteiger partial charge in [-0.2, -0.15) is 0 Å². The minimum Gasteiger partial charge on any atom is -0.508 e. The molecule has 0 aliphatic carbocycles. The van der Waals surface area contributed by atoms with Crippen LogP contribution in [-0.2, 0) is 27.3 Å². The molecule has 3 amide bonds. The van der Waals surface area contributed by atoms with Gasteiger partial charge in [-0.25, -0.2) is 4.79 Å². The molecule has 0 heterocycles. The van der Waals surface area contributed by atoms with Crippen LogP contribution >= 0.6 is 0 Å². The van der Waals surface area contributed by atoms with E-state index in [1.165, 1.54) is 17.0 Å². The van der Waals surface area contributed by atoms with E-state index >= 15 is 0 Å². The zero-order valence-electron chi connectivity index (χ0n) is 24.0. The Morgan fingerprint density at radius 3 is 2.21 bits per heavy atom. The van der Waals surface area contributed by atoms with Gasteiger partial charge in [-0.15, -0.1) is 6.42 Å². The molecule has 0 saturated heterocycles. The third-order valence-electron chi connectivity index (χ3n) is 6.27. The molecule has 9 nitrogen and oxygen atoms in total. The summed E-state index contributed by atoms with van der Waals surface area (Å²) in [6, 6.07) is 19.9. The summed E-state index contributed by atoms with van der Waals surface area (Å²) in [4.78, 5) is 42.2. The summed E-state index contributed by atoms with van der Waals surface area (Å²) < 4.78 is 5.42. The van der Waals surface area contributed by atoms with E-state index in [4.69, 9.17) is 11.2 Å². The third-order valence-corrected chi connectivity index (χ3v) is 6.27. The quantitative estimate of drug-likeness (QED) is 0.260. The Kier molecular flexibility index (Phi) is 11.1. The second-order valence-corrected chi connectivity index (χ2v) is 10.7. The molecular formula is C33H37N3O6. The molecule has 3 aromatic rings. The minimum atomic E-state index is -1.22. The maximum atomic E-state index is 14.3. The number of terminal acetylenes is 1. The lowest BCUT2D eigenvalue weighted by atomic mass is 9.96. The molecule has 0 aliphatic heterocycles. The Labute approximate surface area is 246 Å². The Balaban J connectivity index is 2.03. The summed E-state index contributed by atoms with van der Waals surface area (Å²) in [6.45, 7) is 4.62. The maximum Gasteiger partial charge on any atom is 0.408 e. The zero-order chi connectivity index (χ0) is 30.7. The van der Waals surface area contributed by atoms with Crippen LogP contribution in [0.5, 0.6) is 5.75 Å². The number of hydrogen-bond acceptors (Lipinski definition) is 6. The molecule has 0 bridgehead atoms. The fraction of sp³-hybridized carbons (Fsp3) is 0.303. The number of carbonyl (C=O) groups is 3. The van der Waals surface area contributed by atoms with Crippen LogP contribution in [0.3, 0.4) is 0 Å². The van der Waals surface area contributed by atoms with E-state index in [1.54, 1.807) is 57.2 Å². The fourth-order valence-electron chi connectivity index (χ4n) is 4.39. The number of amides is 3. The number of nitrogens with one attached hydrogen (secondary N) is 2. The number of aliphatic hydroxyl groups is 1. The molecule has 42 heavy (non-hydrogen) atoms. The van der Waals surface area contributed by atoms with Crippen molar-refractivity contribution in [2.75, 3.05) is 13.2 Å². The first kappa shape index (κ1) is 31.7. The van der Waals surface area contributed by atoms with E-state index in [0.717, 1.165) is 5.56 Å². The lowest BCUT2D eigenvalue weighted by Crippen LogP contribution is -2.54. The molecule has 0 fully saturated rings. The molecule has 0 radical (unpaired) electrons. The molecule has 3 rings (SSSR count). The molecule has 4 N–H and O–H groups in total. The summed E-state index contributed by atoms with van der Waals surface area (Å²) in [5, 5.41) is 25.3. The number of alkyl carbamates (subject to hydrolysis) is 1. The molecule has 0 aliphatic rings. The van der Waals surface area contributed by atoms with Crippen molar-refractivity contribution < 1.29 is 29.3 Å². The maximum absolute atomic E-state index is 14.3. The van der Waals surface area contributed by atoms with Crippen LogP contribution in [0, 0.1) is 12.3 Å². The van der Waals surface area contributed by atoms with Gasteiger partial charge in [0.1, 0.15) is 23.4 Å². The Bertz CT molecular complexity index is 1390. The standard InChI is InChI=1S/C33H37N3O6/c1-5-25-13-9-10-14-27(25)29(30(39)34-22-24-11-7-6-8-12-24)36(19-20-37)31(40)28(35-32(41)42-33(2,3)4)21-23-15-17-26(38)18-16-23/h1,6-18,28-29,37-38H,19-22H2,2-4H3,(H,34,39)(H,35,41). The molecule has 0 aromatic heterocycles. The zero-order valence-corrected chi connectivity index (χ0v) is 24.0. The highest BCUT2D eigenvalue weighted by molar-refractivity contribution is 5.92. The number of aliphatic hydroxyl groups excluding tert-OH is 1. The molecule has 2 atom stereocenters. The van der Waals surface area contributed by atoms with Gasteiger partial charge in [0.05, 0.1) is 6.61 Å². The smallest absolute Gasteiger partial charge is 0.408 e. The van der Waals surface area contributed by atoms with Gasteiger partial charge in [-0.3, -0.25) is 9.59 Å². The molecule has 0 saturated carbocycles. The topological polar surface area (TPSA) is 128 Å². The number of benzene rings is 3. The predicted octanol–water partition coefficient (Wildman–Crippen LogP) is 3.69. The van der Waals surface area contributed by atoms with Crippen molar-refractivity contribution >= 4 is 17.9 Å². The van der Waals surface area contributed by atoms with Crippen molar-refractivity contribution in [2.45, 2.75) is 51.4 Å². The van der Waals surface area contributed by atoms with Crippen LogP contribution in [0.25, 0.3) is 0 Å². The number of phenols is 1. The first-order chi connectivity index (χ1) is 20.0. The number of nitrogens with zero attached hydrogens (tertiary/aromatic N) is 1. The van der Waals surface area contributed by atoms with E-state index in [9.17, 15) is 24.6 Å². The number of rotatable bonds is 11. The number of hydrogen-bond donors (Lipinski definition) is 4. The van der Waals surface area contributed by atoms with Gasteiger partial charge in [0.15, 0.2) is 0 Å². The van der Waals surface area contributed by atoms with Crippen LogP contribution in [0.2, 0.25) is 0 Å². The average molecular weight is 572 g/mol. The van der Waals surface area contributed by atoms with Crippen molar-refractivity contribution in [3.05, 3.63) is 101 Å². The van der Waals surface area contributed by atoms with E-state index in [2.05, 4.69) is 16.6 Å². The Morgan fingerprint density at radius 1 is 0.952 bits per heavy atom. The molecule has 9 heteroatoms. The highest BCUT2D eigenvalue weighted by Gasteiger charge is 2.37. The van der Waals surface area contributed by atoms with E-state index in [-0.39, 0.29) is 25.3 Å². The van der Waals surface area contributed by atoms with Gasteiger partial charge in [-0.05, 0) is 55.7 Å². The molecule has 3 aromatic carbocycles. The van der Waals surface area contributed by atoms with Crippen molar-refractivity contribution in [2.24, 2.45) is 0 Å². The monoisotopic (exact) mass is 571 g/mol. The van der Waals surface area contributed by atoms with Crippen molar-refractivity contribution in [3.63, 3.8) is 0 Å². The van der Waals surface area contributed by atoms with Gasteiger partial charge >= 0.3 is 6.09 Å². The normalized spacial score (nSPS) is 12.4. The van der Waals surface area contributed by atoms with Crippen LogP contribution in [0.4, 0.5) is 4.79 Å². The van der Waals surface area contributed by atoms with Gasteiger partial charge in [0, 0.05) is 25.1 Å². The van der Waals surface area contributed by atoms with Crippen LogP contribution in [0.15, 0.2) is 78.9 Å². The SMILES string of the molecule is C#Cc1ccccc1C(C(=O)NCc1ccccc1)N(CCO)C(=O)C(Cc1ccc(O)cc1)NC(=O)OC(C)(C)C. The van der Waals surface area contributed by atoms with Crippen LogP contribution in [0.1, 0.15) is 49.1 Å². The number of aromatic hydroxyl groups is 1. The minimum absolute atomic E-state index is 0.0232. The number of ether oxygens (including phenoxy) is 1. The first-order valence-electron chi connectivity index (χ1n) is 13.6. The van der Waals surface area contributed by atoms with Gasteiger partial charge < -0.3 is 30.5 Å². The fourth-order valence-corrected chi connectivity index (χ4v) is 4.39. The highest BCUT2D eigenvalue weighted by Crippen LogP contribution is 2.26. The Hall–Kier alpha value is -4.81. The van der Waals surface area contributed by atoms with Crippen LogP contribution < -0.4 is 10.6 Å². The lowest BCUT2D eigenvalue weighted by Gasteiger charge is -2.34. The molecule has 220 valence electrons.